The zero-order chi connectivity index (χ0) is 10.4. The lowest BCUT2D eigenvalue weighted by Crippen LogP contribution is -2.49. The minimum Gasteiger partial charge on any atom is -0.381 e. The van der Waals surface area contributed by atoms with E-state index >= 15 is 0 Å². The van der Waals surface area contributed by atoms with E-state index in [9.17, 15) is 4.79 Å². The van der Waals surface area contributed by atoms with E-state index < -0.39 is 0 Å². The first kappa shape index (κ1) is 11.0. The molecule has 0 heterocycles. The fourth-order valence-corrected chi connectivity index (χ4v) is 1.40. The van der Waals surface area contributed by atoms with Crippen LogP contribution in [0, 0.1) is 12.3 Å². The maximum atomic E-state index is 11.2. The van der Waals surface area contributed by atoms with Crippen molar-refractivity contribution in [2.45, 2.75) is 25.0 Å². The summed E-state index contributed by atoms with van der Waals surface area (Å²) in [5.74, 6) is 2.41. The van der Waals surface area contributed by atoms with E-state index in [-0.39, 0.29) is 11.9 Å². The largest absolute Gasteiger partial charge is 0.381 e. The fraction of sp³-hybridized carbons (Fsp3) is 0.700. The van der Waals surface area contributed by atoms with Gasteiger partial charge in [0.1, 0.15) is 0 Å². The van der Waals surface area contributed by atoms with Crippen molar-refractivity contribution in [2.75, 3.05) is 20.2 Å². The van der Waals surface area contributed by atoms with Gasteiger partial charge in [0.2, 0.25) is 5.91 Å². The van der Waals surface area contributed by atoms with Gasteiger partial charge < -0.3 is 10.1 Å². The maximum absolute atomic E-state index is 11.2. The molecule has 0 aromatic carbocycles. The van der Waals surface area contributed by atoms with Crippen molar-refractivity contribution >= 4 is 5.91 Å². The van der Waals surface area contributed by atoms with Gasteiger partial charge >= 0.3 is 0 Å². The van der Waals surface area contributed by atoms with Crippen LogP contribution in [0.4, 0.5) is 0 Å². The summed E-state index contributed by atoms with van der Waals surface area (Å²) in [7, 11) is 1.69. The van der Waals surface area contributed by atoms with Crippen LogP contribution in [0.3, 0.4) is 0 Å². The quantitative estimate of drug-likeness (QED) is 0.460. The summed E-state index contributed by atoms with van der Waals surface area (Å²) in [5, 5.41) is 5.72. The van der Waals surface area contributed by atoms with Gasteiger partial charge in [0.25, 0.3) is 0 Å². The molecule has 4 heteroatoms. The molecule has 1 amide bonds. The molecule has 0 aromatic heterocycles. The third-order valence-electron chi connectivity index (χ3n) is 2.31. The van der Waals surface area contributed by atoms with Gasteiger partial charge in [-0.25, -0.2) is 0 Å². The van der Waals surface area contributed by atoms with E-state index in [0.717, 1.165) is 12.8 Å². The first-order valence-corrected chi connectivity index (χ1v) is 4.72. The van der Waals surface area contributed by atoms with Gasteiger partial charge in [0.05, 0.1) is 19.2 Å². The van der Waals surface area contributed by atoms with Gasteiger partial charge in [0.15, 0.2) is 0 Å². The Kier molecular flexibility index (Phi) is 4.44. The van der Waals surface area contributed by atoms with Crippen LogP contribution in [0.1, 0.15) is 12.8 Å². The van der Waals surface area contributed by atoms with E-state index in [0.29, 0.717) is 19.2 Å². The summed E-state index contributed by atoms with van der Waals surface area (Å²) >= 11 is 0. The zero-order valence-corrected chi connectivity index (χ0v) is 8.38. The number of nitrogens with one attached hydrogen (secondary N) is 2. The molecule has 2 N–H and O–H groups in total. The molecule has 1 saturated carbocycles. The van der Waals surface area contributed by atoms with Gasteiger partial charge in [-0.05, 0) is 12.8 Å². The van der Waals surface area contributed by atoms with Crippen LogP contribution in [0.2, 0.25) is 0 Å². The second-order valence-electron chi connectivity index (χ2n) is 3.40. The molecule has 0 bridgehead atoms. The Morgan fingerprint density at radius 2 is 2.36 bits per heavy atom. The monoisotopic (exact) mass is 196 g/mol. The lowest BCUT2D eigenvalue weighted by Gasteiger charge is -2.34. The smallest absolute Gasteiger partial charge is 0.234 e. The number of ether oxygens (including phenoxy) is 1. The number of carbonyl (C=O) groups excluding carboxylic acids is 1. The van der Waals surface area contributed by atoms with Gasteiger partial charge in [0, 0.05) is 13.2 Å². The third-order valence-corrected chi connectivity index (χ3v) is 2.31. The average Bonchev–Trinajstić information content (AvgIpc) is 2.11. The number of carbonyl (C=O) groups is 1. The Morgan fingerprint density at radius 1 is 1.64 bits per heavy atom. The molecular weight excluding hydrogens is 180 g/mol. The maximum Gasteiger partial charge on any atom is 0.234 e. The van der Waals surface area contributed by atoms with Crippen LogP contribution >= 0.6 is 0 Å². The fourth-order valence-electron chi connectivity index (χ4n) is 1.40. The predicted molar refractivity (Wildman–Crippen MR) is 53.7 cm³/mol. The molecule has 14 heavy (non-hydrogen) atoms. The van der Waals surface area contributed by atoms with Gasteiger partial charge in [-0.15, -0.1) is 6.42 Å². The van der Waals surface area contributed by atoms with Gasteiger partial charge in [-0.2, -0.15) is 0 Å². The second kappa shape index (κ2) is 5.63. The molecule has 0 spiro atoms. The molecule has 78 valence electrons. The summed E-state index contributed by atoms with van der Waals surface area (Å²) < 4.78 is 5.10. The van der Waals surface area contributed by atoms with E-state index in [1.165, 1.54) is 0 Å². The van der Waals surface area contributed by atoms with Crippen molar-refractivity contribution in [3.8, 4) is 12.3 Å². The Balaban J connectivity index is 2.02. The minimum absolute atomic E-state index is 0.000182. The summed E-state index contributed by atoms with van der Waals surface area (Å²) in [6, 6.07) is 0.278. The van der Waals surface area contributed by atoms with Crippen LogP contribution < -0.4 is 10.6 Å². The Morgan fingerprint density at radius 3 is 2.93 bits per heavy atom. The number of methoxy groups -OCH3 is 1. The Bertz CT molecular complexity index is 229. The predicted octanol–water partition coefficient (Wildman–Crippen LogP) is -0.497. The highest BCUT2D eigenvalue weighted by Crippen LogP contribution is 2.22. The van der Waals surface area contributed by atoms with Crippen LogP contribution in [0.25, 0.3) is 0 Å². The highest BCUT2D eigenvalue weighted by molar-refractivity contribution is 5.78. The lowest BCUT2D eigenvalue weighted by atomic mass is 9.89. The van der Waals surface area contributed by atoms with Gasteiger partial charge in [-0.3, -0.25) is 10.1 Å². The first-order valence-electron chi connectivity index (χ1n) is 4.72. The Hall–Kier alpha value is -1.05. The number of hydrogen-bond acceptors (Lipinski definition) is 3. The standard InChI is InChI=1S/C10H16N2O2/c1-3-4-11-7-10(13)12-8-5-9(6-8)14-2/h1,8-9,11H,4-7H2,2H3,(H,12,13). The first-order chi connectivity index (χ1) is 6.76. The molecule has 1 rings (SSSR count). The number of amides is 1. The van der Waals surface area contributed by atoms with Crippen molar-refractivity contribution in [1.29, 1.82) is 0 Å². The van der Waals surface area contributed by atoms with Crippen LogP contribution in [-0.4, -0.2) is 38.3 Å². The van der Waals surface area contributed by atoms with E-state index in [1.54, 1.807) is 7.11 Å². The van der Waals surface area contributed by atoms with Crippen molar-refractivity contribution in [2.24, 2.45) is 0 Å². The molecule has 0 saturated heterocycles. The summed E-state index contributed by atoms with van der Waals surface area (Å²) in [4.78, 5) is 11.2. The summed E-state index contributed by atoms with van der Waals surface area (Å²) in [6.45, 7) is 0.719. The van der Waals surface area contributed by atoms with Crippen molar-refractivity contribution in [1.82, 2.24) is 10.6 Å². The zero-order valence-electron chi connectivity index (χ0n) is 8.38. The third kappa shape index (κ3) is 3.36. The highest BCUT2D eigenvalue weighted by atomic mass is 16.5. The molecule has 1 aliphatic rings. The molecule has 0 aromatic rings. The van der Waals surface area contributed by atoms with Crippen LogP contribution in [-0.2, 0) is 9.53 Å². The van der Waals surface area contributed by atoms with Crippen molar-refractivity contribution < 1.29 is 9.53 Å². The molecule has 0 radical (unpaired) electrons. The Labute approximate surface area is 84.4 Å². The number of hydrogen-bond donors (Lipinski definition) is 2. The van der Waals surface area contributed by atoms with Crippen molar-refractivity contribution in [3.05, 3.63) is 0 Å². The van der Waals surface area contributed by atoms with E-state index in [1.807, 2.05) is 0 Å². The van der Waals surface area contributed by atoms with Crippen molar-refractivity contribution in [3.63, 3.8) is 0 Å². The minimum atomic E-state index is -0.000182. The number of rotatable bonds is 5. The molecule has 0 aliphatic heterocycles. The SMILES string of the molecule is C#CCNCC(=O)NC1CC(OC)C1. The van der Waals surface area contributed by atoms with E-state index in [4.69, 9.17) is 11.2 Å². The highest BCUT2D eigenvalue weighted by Gasteiger charge is 2.29. The molecule has 0 atom stereocenters. The number of terminal acetylenes is 1. The van der Waals surface area contributed by atoms with Crippen LogP contribution in [0.5, 0.6) is 0 Å². The van der Waals surface area contributed by atoms with Crippen LogP contribution in [0.15, 0.2) is 0 Å². The normalized spacial score (nSPS) is 24.9. The molecule has 4 nitrogen and oxygen atoms in total. The topological polar surface area (TPSA) is 50.4 Å². The summed E-state index contributed by atoms with van der Waals surface area (Å²) in [6.07, 6.45) is 7.18. The average molecular weight is 196 g/mol. The second-order valence-corrected chi connectivity index (χ2v) is 3.40. The summed E-state index contributed by atoms with van der Waals surface area (Å²) in [5.41, 5.74) is 0. The van der Waals surface area contributed by atoms with Gasteiger partial charge in [-0.1, -0.05) is 5.92 Å². The van der Waals surface area contributed by atoms with E-state index in [2.05, 4.69) is 16.6 Å². The molecule has 0 unspecified atom stereocenters. The molecule has 1 fully saturated rings. The molecule has 1 aliphatic carbocycles. The lowest BCUT2D eigenvalue weighted by molar-refractivity contribution is -0.122. The molecular formula is C10H16N2O2.